The van der Waals surface area contributed by atoms with Crippen molar-refractivity contribution in [1.29, 1.82) is 0 Å². The Bertz CT molecular complexity index is 1190. The Kier molecular flexibility index (Phi) is 8.96. The van der Waals surface area contributed by atoms with Gasteiger partial charge in [0.05, 0.1) is 17.9 Å². The third-order valence-corrected chi connectivity index (χ3v) is 5.59. The van der Waals surface area contributed by atoms with Gasteiger partial charge in [0, 0.05) is 16.8 Å². The minimum absolute atomic E-state index is 0.170. The summed E-state index contributed by atoms with van der Waals surface area (Å²) >= 11 is 0. The SMILES string of the molecule is CCCC(Oc1ccc(OCC(=O)OCC)c(C)c1)c1ccc(-c2cccc(C(F)(F)F)c2)nc1C. The predicted molar refractivity (Wildman–Crippen MR) is 131 cm³/mol. The van der Waals surface area contributed by atoms with E-state index in [-0.39, 0.29) is 12.7 Å². The van der Waals surface area contributed by atoms with Crippen LogP contribution in [-0.2, 0) is 15.7 Å². The van der Waals surface area contributed by atoms with Gasteiger partial charge in [-0.1, -0.05) is 31.5 Å². The van der Waals surface area contributed by atoms with Gasteiger partial charge in [-0.2, -0.15) is 13.2 Å². The Morgan fingerprint density at radius 2 is 1.81 bits per heavy atom. The molecule has 8 heteroatoms. The molecule has 0 aliphatic rings. The molecule has 3 aromatic rings. The quantitative estimate of drug-likeness (QED) is 0.274. The van der Waals surface area contributed by atoms with E-state index in [2.05, 4.69) is 4.98 Å². The number of aryl methyl sites for hydroxylation is 2. The normalized spacial score (nSPS) is 12.2. The fraction of sp³-hybridized carbons (Fsp3) is 0.357. The summed E-state index contributed by atoms with van der Waals surface area (Å²) in [5.74, 6) is 0.762. The van der Waals surface area contributed by atoms with E-state index in [1.54, 1.807) is 31.2 Å². The lowest BCUT2D eigenvalue weighted by Crippen LogP contribution is -2.15. The van der Waals surface area contributed by atoms with Crippen LogP contribution in [0.1, 0.15) is 55.2 Å². The molecule has 2 aromatic carbocycles. The number of esters is 1. The van der Waals surface area contributed by atoms with Gasteiger partial charge in [-0.05, 0) is 69.2 Å². The molecule has 1 aromatic heterocycles. The minimum atomic E-state index is -4.41. The number of aromatic nitrogens is 1. The van der Waals surface area contributed by atoms with E-state index in [9.17, 15) is 18.0 Å². The lowest BCUT2D eigenvalue weighted by Gasteiger charge is -2.22. The van der Waals surface area contributed by atoms with Crippen molar-refractivity contribution in [2.24, 2.45) is 0 Å². The smallest absolute Gasteiger partial charge is 0.416 e. The van der Waals surface area contributed by atoms with Gasteiger partial charge in [-0.3, -0.25) is 4.98 Å². The molecule has 0 amide bonds. The number of alkyl halides is 3. The Morgan fingerprint density at radius 3 is 2.44 bits per heavy atom. The molecule has 36 heavy (non-hydrogen) atoms. The molecule has 192 valence electrons. The summed E-state index contributed by atoms with van der Waals surface area (Å²) in [6.07, 6.45) is -3.11. The highest BCUT2D eigenvalue weighted by Crippen LogP contribution is 2.34. The number of carbonyl (C=O) groups is 1. The van der Waals surface area contributed by atoms with Crippen molar-refractivity contribution >= 4 is 5.97 Å². The number of hydrogen-bond acceptors (Lipinski definition) is 5. The highest BCUT2D eigenvalue weighted by molar-refractivity contribution is 5.71. The maximum Gasteiger partial charge on any atom is 0.416 e. The zero-order chi connectivity index (χ0) is 26.3. The molecule has 3 rings (SSSR count). The highest BCUT2D eigenvalue weighted by Gasteiger charge is 2.30. The van der Waals surface area contributed by atoms with E-state index >= 15 is 0 Å². The van der Waals surface area contributed by atoms with Gasteiger partial charge in [-0.15, -0.1) is 0 Å². The number of hydrogen-bond donors (Lipinski definition) is 0. The van der Waals surface area contributed by atoms with Crippen LogP contribution in [-0.4, -0.2) is 24.2 Å². The monoisotopic (exact) mass is 501 g/mol. The van der Waals surface area contributed by atoms with Gasteiger partial charge in [0.1, 0.15) is 17.6 Å². The maximum absolute atomic E-state index is 13.1. The van der Waals surface area contributed by atoms with E-state index in [0.717, 1.165) is 36.1 Å². The Morgan fingerprint density at radius 1 is 1.03 bits per heavy atom. The predicted octanol–water partition coefficient (Wildman–Crippen LogP) is 7.25. The average Bonchev–Trinajstić information content (AvgIpc) is 2.83. The first-order valence-electron chi connectivity index (χ1n) is 11.8. The first kappa shape index (κ1) is 27.0. The second-order valence-electron chi connectivity index (χ2n) is 8.37. The average molecular weight is 502 g/mol. The van der Waals surface area contributed by atoms with Crippen LogP contribution in [0.3, 0.4) is 0 Å². The lowest BCUT2D eigenvalue weighted by molar-refractivity contribution is -0.145. The molecule has 1 unspecified atom stereocenters. The number of nitrogens with zero attached hydrogens (tertiary/aromatic N) is 1. The summed E-state index contributed by atoms with van der Waals surface area (Å²) < 4.78 is 56.1. The van der Waals surface area contributed by atoms with Crippen LogP contribution in [0.15, 0.2) is 54.6 Å². The van der Waals surface area contributed by atoms with Crippen molar-refractivity contribution in [3.05, 3.63) is 77.0 Å². The largest absolute Gasteiger partial charge is 0.486 e. The van der Waals surface area contributed by atoms with Crippen molar-refractivity contribution in [3.63, 3.8) is 0 Å². The summed E-state index contributed by atoms with van der Waals surface area (Å²) in [5.41, 5.74) is 2.53. The van der Waals surface area contributed by atoms with Crippen molar-refractivity contribution in [1.82, 2.24) is 4.98 Å². The van der Waals surface area contributed by atoms with Crippen LogP contribution >= 0.6 is 0 Å². The fourth-order valence-corrected chi connectivity index (χ4v) is 3.83. The van der Waals surface area contributed by atoms with Crippen molar-refractivity contribution in [2.45, 2.75) is 52.8 Å². The molecule has 0 fully saturated rings. The van der Waals surface area contributed by atoms with E-state index in [1.807, 2.05) is 32.9 Å². The maximum atomic E-state index is 13.1. The second kappa shape index (κ2) is 11.9. The Hall–Kier alpha value is -3.55. The standard InChI is InChI=1S/C28H30F3NO4/c1-5-8-26(36-22-11-14-25(18(3)15-22)35-17-27(33)34-6-2)23-12-13-24(32-19(23)4)20-9-7-10-21(16-20)28(29,30)31/h7,9-16,26H,5-6,8,17H2,1-4H3. The number of halogens is 3. The number of pyridine rings is 1. The summed E-state index contributed by atoms with van der Waals surface area (Å²) in [4.78, 5) is 16.1. The molecule has 5 nitrogen and oxygen atoms in total. The zero-order valence-corrected chi connectivity index (χ0v) is 20.8. The molecule has 1 atom stereocenters. The summed E-state index contributed by atoms with van der Waals surface area (Å²) in [7, 11) is 0. The Labute approximate surface area is 209 Å². The number of carbonyl (C=O) groups excluding carboxylic acids is 1. The van der Waals surface area contributed by atoms with Crippen molar-refractivity contribution in [2.75, 3.05) is 13.2 Å². The molecule has 0 aliphatic heterocycles. The summed E-state index contributed by atoms with van der Waals surface area (Å²) in [6, 6.07) is 14.1. The molecular weight excluding hydrogens is 471 g/mol. The fourth-order valence-electron chi connectivity index (χ4n) is 3.83. The molecule has 0 radical (unpaired) electrons. The Balaban J connectivity index is 1.79. The van der Waals surface area contributed by atoms with Gasteiger partial charge >= 0.3 is 12.1 Å². The zero-order valence-electron chi connectivity index (χ0n) is 20.8. The molecular formula is C28H30F3NO4. The molecule has 0 saturated carbocycles. The number of benzene rings is 2. The molecule has 0 bridgehead atoms. The van der Waals surface area contributed by atoms with Gasteiger partial charge < -0.3 is 14.2 Å². The topological polar surface area (TPSA) is 57.7 Å². The van der Waals surface area contributed by atoms with Crippen LogP contribution in [0.4, 0.5) is 13.2 Å². The minimum Gasteiger partial charge on any atom is -0.486 e. The van der Waals surface area contributed by atoms with Crippen LogP contribution in [0, 0.1) is 13.8 Å². The van der Waals surface area contributed by atoms with Gasteiger partial charge in [0.2, 0.25) is 0 Å². The van der Waals surface area contributed by atoms with Gasteiger partial charge in [-0.25, -0.2) is 4.79 Å². The third kappa shape index (κ3) is 6.99. The molecule has 0 saturated heterocycles. The van der Waals surface area contributed by atoms with Crippen LogP contribution < -0.4 is 9.47 Å². The van der Waals surface area contributed by atoms with E-state index in [4.69, 9.17) is 14.2 Å². The summed E-state index contributed by atoms with van der Waals surface area (Å²) in [6.45, 7) is 7.60. The highest BCUT2D eigenvalue weighted by atomic mass is 19.4. The molecule has 1 heterocycles. The van der Waals surface area contributed by atoms with E-state index in [0.29, 0.717) is 35.1 Å². The van der Waals surface area contributed by atoms with Crippen LogP contribution in [0.5, 0.6) is 11.5 Å². The second-order valence-corrected chi connectivity index (χ2v) is 8.37. The van der Waals surface area contributed by atoms with Crippen molar-refractivity contribution in [3.8, 4) is 22.8 Å². The number of rotatable bonds is 10. The van der Waals surface area contributed by atoms with Gasteiger partial charge in [0.15, 0.2) is 6.61 Å². The summed E-state index contributed by atoms with van der Waals surface area (Å²) in [5, 5.41) is 0. The number of ether oxygens (including phenoxy) is 3. The van der Waals surface area contributed by atoms with Crippen LogP contribution in [0.25, 0.3) is 11.3 Å². The van der Waals surface area contributed by atoms with Crippen molar-refractivity contribution < 1.29 is 32.2 Å². The third-order valence-electron chi connectivity index (χ3n) is 5.59. The molecule has 0 spiro atoms. The molecule has 0 aliphatic carbocycles. The molecule has 0 N–H and O–H groups in total. The van der Waals surface area contributed by atoms with E-state index < -0.39 is 17.7 Å². The lowest BCUT2D eigenvalue weighted by atomic mass is 10.0. The van der Waals surface area contributed by atoms with Gasteiger partial charge in [0.25, 0.3) is 0 Å². The van der Waals surface area contributed by atoms with Crippen LogP contribution in [0.2, 0.25) is 0 Å². The first-order valence-corrected chi connectivity index (χ1v) is 11.8. The first-order chi connectivity index (χ1) is 17.1. The van der Waals surface area contributed by atoms with E-state index in [1.165, 1.54) is 6.07 Å².